The molecule has 164 valence electrons. The fourth-order valence-corrected chi connectivity index (χ4v) is 5.17. The van der Waals surface area contributed by atoms with Gasteiger partial charge in [0.15, 0.2) is 0 Å². The van der Waals surface area contributed by atoms with E-state index in [1.54, 1.807) is 30.3 Å². The van der Waals surface area contributed by atoms with Gasteiger partial charge in [-0.15, -0.1) is 0 Å². The molecule has 33 heavy (non-hydrogen) atoms. The number of benzene rings is 4. The van der Waals surface area contributed by atoms with Crippen molar-refractivity contribution < 1.29 is 23.1 Å². The molecule has 0 spiro atoms. The summed E-state index contributed by atoms with van der Waals surface area (Å²) in [5.41, 5.74) is 3.35. The zero-order valence-corrected chi connectivity index (χ0v) is 18.0. The predicted octanol–water partition coefficient (Wildman–Crippen LogP) is 4.50. The summed E-state index contributed by atoms with van der Waals surface area (Å²) in [6, 6.07) is 21.9. The third kappa shape index (κ3) is 3.81. The molecule has 0 aliphatic carbocycles. The van der Waals surface area contributed by atoms with E-state index in [4.69, 9.17) is 0 Å². The molecule has 4 aromatic rings. The van der Waals surface area contributed by atoms with Gasteiger partial charge in [0.1, 0.15) is 0 Å². The first kappa shape index (κ1) is 20.7. The molecule has 1 amide bonds. The zero-order valence-electron chi connectivity index (χ0n) is 17.2. The second-order valence-corrected chi connectivity index (χ2v) is 9.42. The average Bonchev–Trinajstić information content (AvgIpc) is 3.18. The molecule has 0 radical (unpaired) electrons. The summed E-state index contributed by atoms with van der Waals surface area (Å²) in [4.78, 5) is 23.0. The van der Waals surface area contributed by atoms with Crippen molar-refractivity contribution >= 4 is 44.0 Å². The molecule has 0 atom stereocenters. The molecule has 0 saturated heterocycles. The van der Waals surface area contributed by atoms with Gasteiger partial charge in [0.2, 0.25) is 5.91 Å². The lowest BCUT2D eigenvalue weighted by Gasteiger charge is -2.14. The topological polar surface area (TPSA) is 113 Å². The smallest absolute Gasteiger partial charge is 0.335 e. The van der Waals surface area contributed by atoms with Crippen molar-refractivity contribution in [2.24, 2.45) is 0 Å². The van der Waals surface area contributed by atoms with Gasteiger partial charge < -0.3 is 10.4 Å². The Bertz CT molecular complexity index is 1560. The SMILES string of the molecule is O=C1Cc2cc(S(=O)(=O)Nc3ccc(-c4cccc(C(=O)O)c4)c4ccccc34)ccc2N1. The van der Waals surface area contributed by atoms with E-state index in [0.717, 1.165) is 16.5 Å². The minimum Gasteiger partial charge on any atom is -0.478 e. The highest BCUT2D eigenvalue weighted by molar-refractivity contribution is 7.92. The Morgan fingerprint density at radius 2 is 1.70 bits per heavy atom. The van der Waals surface area contributed by atoms with Crippen molar-refractivity contribution in [1.82, 2.24) is 0 Å². The molecule has 1 aliphatic heterocycles. The number of carboxylic acid groups (broad SMARTS) is 1. The third-order valence-electron chi connectivity index (χ3n) is 5.60. The fraction of sp³-hybridized carbons (Fsp3) is 0.0400. The molecular formula is C25H18N2O5S. The Hall–Kier alpha value is -4.17. The van der Waals surface area contributed by atoms with Crippen molar-refractivity contribution in [3.05, 3.63) is 90.0 Å². The van der Waals surface area contributed by atoms with Crippen molar-refractivity contribution in [3.8, 4) is 11.1 Å². The van der Waals surface area contributed by atoms with E-state index in [0.29, 0.717) is 22.3 Å². The first-order valence-electron chi connectivity index (χ1n) is 10.1. The maximum Gasteiger partial charge on any atom is 0.335 e. The summed E-state index contributed by atoms with van der Waals surface area (Å²) in [6.45, 7) is 0. The minimum absolute atomic E-state index is 0.0695. The molecule has 0 unspecified atom stereocenters. The molecule has 0 aromatic heterocycles. The highest BCUT2D eigenvalue weighted by atomic mass is 32.2. The lowest BCUT2D eigenvalue weighted by Crippen LogP contribution is -2.13. The average molecular weight is 458 g/mol. The molecule has 7 nitrogen and oxygen atoms in total. The number of anilines is 2. The van der Waals surface area contributed by atoms with Crippen LogP contribution < -0.4 is 10.0 Å². The number of carbonyl (C=O) groups is 2. The Balaban J connectivity index is 1.56. The van der Waals surface area contributed by atoms with Crippen LogP contribution in [-0.4, -0.2) is 25.4 Å². The van der Waals surface area contributed by atoms with Crippen LogP contribution in [0.5, 0.6) is 0 Å². The summed E-state index contributed by atoms with van der Waals surface area (Å²) >= 11 is 0. The van der Waals surface area contributed by atoms with Crippen molar-refractivity contribution in [3.63, 3.8) is 0 Å². The highest BCUT2D eigenvalue weighted by Gasteiger charge is 2.22. The molecule has 3 N–H and O–H groups in total. The number of nitrogens with one attached hydrogen (secondary N) is 2. The van der Waals surface area contributed by atoms with E-state index in [9.17, 15) is 23.1 Å². The lowest BCUT2D eigenvalue weighted by molar-refractivity contribution is -0.115. The van der Waals surface area contributed by atoms with Gasteiger partial charge in [-0.05, 0) is 58.5 Å². The van der Waals surface area contributed by atoms with E-state index >= 15 is 0 Å². The number of aromatic carboxylic acids is 1. The molecule has 1 aliphatic rings. The summed E-state index contributed by atoms with van der Waals surface area (Å²) in [5.74, 6) is -1.18. The predicted molar refractivity (Wildman–Crippen MR) is 126 cm³/mol. The van der Waals surface area contributed by atoms with E-state index in [1.165, 1.54) is 18.2 Å². The Morgan fingerprint density at radius 3 is 2.48 bits per heavy atom. The normalized spacial score (nSPS) is 12.9. The second kappa shape index (κ2) is 7.75. The molecular weight excluding hydrogens is 440 g/mol. The quantitative estimate of drug-likeness (QED) is 0.408. The van der Waals surface area contributed by atoms with Gasteiger partial charge in [-0.1, -0.05) is 42.5 Å². The maximum absolute atomic E-state index is 13.1. The van der Waals surface area contributed by atoms with E-state index in [1.807, 2.05) is 30.3 Å². The van der Waals surface area contributed by atoms with Crippen LogP contribution in [0, 0.1) is 0 Å². The van der Waals surface area contributed by atoms with Crippen LogP contribution in [0.4, 0.5) is 11.4 Å². The monoisotopic (exact) mass is 458 g/mol. The lowest BCUT2D eigenvalue weighted by atomic mass is 9.96. The van der Waals surface area contributed by atoms with Crippen LogP contribution in [0.1, 0.15) is 15.9 Å². The number of hydrogen-bond acceptors (Lipinski definition) is 4. The van der Waals surface area contributed by atoms with Gasteiger partial charge in [-0.3, -0.25) is 9.52 Å². The van der Waals surface area contributed by atoms with Crippen LogP contribution in [0.25, 0.3) is 21.9 Å². The van der Waals surface area contributed by atoms with Crippen molar-refractivity contribution in [2.45, 2.75) is 11.3 Å². The van der Waals surface area contributed by atoms with Crippen molar-refractivity contribution in [2.75, 3.05) is 10.0 Å². The standard InChI is InChI=1S/C25H18N2O5S/c28-24-14-17-13-18(8-10-22(17)26-24)33(31,32)27-23-11-9-19(20-6-1-2-7-21(20)23)15-4-3-5-16(12-15)25(29)30/h1-13,27H,14H2,(H,26,28)(H,29,30). The number of amides is 1. The van der Waals surface area contributed by atoms with Gasteiger partial charge in [0, 0.05) is 11.1 Å². The van der Waals surface area contributed by atoms with E-state index in [2.05, 4.69) is 10.0 Å². The van der Waals surface area contributed by atoms with Crippen LogP contribution in [0.2, 0.25) is 0 Å². The maximum atomic E-state index is 13.1. The molecule has 1 heterocycles. The highest BCUT2D eigenvalue weighted by Crippen LogP contribution is 2.35. The van der Waals surface area contributed by atoms with Crippen LogP contribution >= 0.6 is 0 Å². The molecule has 8 heteroatoms. The van der Waals surface area contributed by atoms with Gasteiger partial charge in [0.05, 0.1) is 22.6 Å². The first-order valence-corrected chi connectivity index (χ1v) is 11.6. The number of fused-ring (bicyclic) bond motifs is 2. The number of hydrogen-bond donors (Lipinski definition) is 3. The van der Waals surface area contributed by atoms with Crippen LogP contribution in [0.3, 0.4) is 0 Å². The van der Waals surface area contributed by atoms with Gasteiger partial charge in [-0.25, -0.2) is 13.2 Å². The number of carboxylic acids is 1. The van der Waals surface area contributed by atoms with Gasteiger partial charge in [0.25, 0.3) is 10.0 Å². The first-order chi connectivity index (χ1) is 15.8. The third-order valence-corrected chi connectivity index (χ3v) is 6.96. The Labute approximate surface area is 189 Å². The summed E-state index contributed by atoms with van der Waals surface area (Å²) in [6.07, 6.45) is 0.145. The molecule has 0 fully saturated rings. The van der Waals surface area contributed by atoms with Gasteiger partial charge >= 0.3 is 5.97 Å². The molecule has 4 aromatic carbocycles. The number of carbonyl (C=O) groups excluding carboxylic acids is 1. The van der Waals surface area contributed by atoms with E-state index < -0.39 is 16.0 Å². The number of sulfonamides is 1. The van der Waals surface area contributed by atoms with Gasteiger partial charge in [-0.2, -0.15) is 0 Å². The summed E-state index contributed by atoms with van der Waals surface area (Å²) < 4.78 is 28.9. The molecule has 0 saturated carbocycles. The molecule has 5 rings (SSSR count). The second-order valence-electron chi connectivity index (χ2n) is 7.74. The minimum atomic E-state index is -3.91. The van der Waals surface area contributed by atoms with Crippen LogP contribution in [0.15, 0.2) is 83.8 Å². The van der Waals surface area contributed by atoms with Crippen molar-refractivity contribution in [1.29, 1.82) is 0 Å². The fourth-order valence-electron chi connectivity index (χ4n) is 4.04. The number of rotatable bonds is 5. The zero-order chi connectivity index (χ0) is 23.2. The van der Waals surface area contributed by atoms with Crippen LogP contribution in [-0.2, 0) is 21.2 Å². The summed E-state index contributed by atoms with van der Waals surface area (Å²) in [5, 5.41) is 13.5. The Morgan fingerprint density at radius 1 is 0.909 bits per heavy atom. The largest absolute Gasteiger partial charge is 0.478 e. The molecule has 0 bridgehead atoms. The van der Waals surface area contributed by atoms with E-state index in [-0.39, 0.29) is 22.8 Å². The summed E-state index contributed by atoms with van der Waals surface area (Å²) in [7, 11) is -3.91. The Kier molecular flexibility index (Phi) is 4.87.